The van der Waals surface area contributed by atoms with E-state index in [9.17, 15) is 8.42 Å². The van der Waals surface area contributed by atoms with E-state index in [1.807, 2.05) is 38.1 Å². The second-order valence-corrected chi connectivity index (χ2v) is 9.27. The summed E-state index contributed by atoms with van der Waals surface area (Å²) in [6, 6.07) is 9.44. The van der Waals surface area contributed by atoms with Gasteiger partial charge in [0.05, 0.1) is 3.79 Å². The average molecular weight is 388 g/mol. The highest BCUT2D eigenvalue weighted by Crippen LogP contribution is 2.31. The Morgan fingerprint density at radius 2 is 1.90 bits per heavy atom. The first-order valence-electron chi connectivity index (χ1n) is 6.70. The van der Waals surface area contributed by atoms with E-state index in [-0.39, 0.29) is 6.04 Å². The number of hydrogen-bond donors (Lipinski definition) is 1. The maximum absolute atomic E-state index is 12.4. The maximum Gasteiger partial charge on any atom is 0.250 e. The molecule has 1 N–H and O–H groups in total. The monoisotopic (exact) mass is 387 g/mol. The van der Waals surface area contributed by atoms with E-state index in [0.29, 0.717) is 4.21 Å². The minimum Gasteiger partial charge on any atom is -0.206 e. The Hall–Kier alpha value is -0.690. The highest BCUT2D eigenvalue weighted by Gasteiger charge is 2.21. The Morgan fingerprint density at radius 3 is 2.38 bits per heavy atom. The third-order valence-corrected chi connectivity index (χ3v) is 7.47. The van der Waals surface area contributed by atoms with Crippen molar-refractivity contribution in [1.29, 1.82) is 0 Å². The quantitative estimate of drug-likeness (QED) is 0.824. The van der Waals surface area contributed by atoms with Crippen molar-refractivity contribution in [3.63, 3.8) is 0 Å². The zero-order chi connectivity index (χ0) is 15.6. The van der Waals surface area contributed by atoms with Crippen molar-refractivity contribution in [2.75, 3.05) is 0 Å². The van der Waals surface area contributed by atoms with Crippen LogP contribution in [-0.2, 0) is 16.4 Å². The van der Waals surface area contributed by atoms with Crippen LogP contribution in [0.15, 0.2) is 38.3 Å². The Balaban J connectivity index is 2.18. The molecule has 3 nitrogen and oxygen atoms in total. The molecule has 0 aliphatic rings. The van der Waals surface area contributed by atoms with E-state index in [2.05, 4.69) is 27.6 Å². The lowest BCUT2D eigenvalue weighted by molar-refractivity contribution is 0.569. The first kappa shape index (κ1) is 16.7. The predicted molar refractivity (Wildman–Crippen MR) is 91.3 cm³/mol. The molecular formula is C15H18BrNO2S2. The number of sulfonamides is 1. The van der Waals surface area contributed by atoms with Crippen molar-refractivity contribution < 1.29 is 8.42 Å². The minimum atomic E-state index is -3.49. The number of benzene rings is 1. The summed E-state index contributed by atoms with van der Waals surface area (Å²) in [6.07, 6.45) is 0.975. The van der Waals surface area contributed by atoms with Crippen LogP contribution >= 0.6 is 27.3 Å². The summed E-state index contributed by atoms with van der Waals surface area (Å²) in [7, 11) is -3.49. The molecule has 0 amide bonds. The van der Waals surface area contributed by atoms with Gasteiger partial charge in [0.1, 0.15) is 4.21 Å². The molecule has 0 aliphatic heterocycles. The fraction of sp³-hybridized carbons (Fsp3) is 0.333. The highest BCUT2D eigenvalue weighted by atomic mass is 79.9. The van der Waals surface area contributed by atoms with Crippen molar-refractivity contribution in [1.82, 2.24) is 4.72 Å². The molecule has 0 spiro atoms. The van der Waals surface area contributed by atoms with Gasteiger partial charge >= 0.3 is 0 Å². The van der Waals surface area contributed by atoms with Crippen LogP contribution in [0.2, 0.25) is 0 Å². The smallest absolute Gasteiger partial charge is 0.206 e. The van der Waals surface area contributed by atoms with Crippen LogP contribution in [0.3, 0.4) is 0 Å². The summed E-state index contributed by atoms with van der Waals surface area (Å²) in [6.45, 7) is 5.83. The number of thiophene rings is 1. The van der Waals surface area contributed by atoms with Crippen molar-refractivity contribution >= 4 is 37.3 Å². The molecule has 1 aromatic carbocycles. The molecule has 1 unspecified atom stereocenters. The fourth-order valence-corrected chi connectivity index (χ4v) is 5.44. The molecule has 21 heavy (non-hydrogen) atoms. The summed E-state index contributed by atoms with van der Waals surface area (Å²) < 4.78 is 28.7. The Kier molecular flexibility index (Phi) is 5.24. The minimum absolute atomic E-state index is 0.262. The maximum atomic E-state index is 12.4. The van der Waals surface area contributed by atoms with E-state index in [1.165, 1.54) is 16.9 Å². The average Bonchev–Trinajstić information content (AvgIpc) is 2.79. The molecule has 0 saturated carbocycles. The second-order valence-electron chi connectivity index (χ2n) is 4.96. The molecule has 1 aromatic heterocycles. The lowest BCUT2D eigenvalue weighted by Crippen LogP contribution is -2.26. The standard InChI is InChI=1S/C15H18BrNO2S2/c1-4-12-5-7-13(8-6-12)11(3)17-21(18,19)14-9-10(2)15(16)20-14/h5-9,11,17H,4H2,1-3H3. The van der Waals surface area contributed by atoms with Crippen molar-refractivity contribution in [2.45, 2.75) is 37.4 Å². The van der Waals surface area contributed by atoms with E-state index >= 15 is 0 Å². The fourth-order valence-electron chi connectivity index (χ4n) is 1.97. The third kappa shape index (κ3) is 3.94. The molecule has 6 heteroatoms. The van der Waals surface area contributed by atoms with Crippen LogP contribution in [0.5, 0.6) is 0 Å². The molecule has 0 fully saturated rings. The molecule has 0 bridgehead atoms. The third-order valence-electron chi connectivity index (χ3n) is 3.32. The number of aryl methyl sites for hydroxylation is 2. The molecule has 0 radical (unpaired) electrons. The number of hydrogen-bond acceptors (Lipinski definition) is 3. The molecule has 0 saturated heterocycles. The number of halogens is 1. The summed E-state index contributed by atoms with van der Waals surface area (Å²) >= 11 is 4.59. The van der Waals surface area contributed by atoms with Crippen LogP contribution in [0.25, 0.3) is 0 Å². The van der Waals surface area contributed by atoms with E-state index in [0.717, 1.165) is 21.3 Å². The van der Waals surface area contributed by atoms with Crippen LogP contribution in [-0.4, -0.2) is 8.42 Å². The van der Waals surface area contributed by atoms with Gasteiger partial charge in [-0.25, -0.2) is 13.1 Å². The first-order chi connectivity index (χ1) is 9.83. The van der Waals surface area contributed by atoms with Gasteiger partial charge in [-0.05, 0) is 59.0 Å². The van der Waals surface area contributed by atoms with Crippen LogP contribution in [0, 0.1) is 6.92 Å². The number of rotatable bonds is 5. The normalized spacial score (nSPS) is 13.3. The Bertz CT molecular complexity index is 701. The van der Waals surface area contributed by atoms with Crippen molar-refractivity contribution in [3.05, 3.63) is 50.8 Å². The molecule has 2 rings (SSSR count). The van der Waals surface area contributed by atoms with Crippen LogP contribution in [0.4, 0.5) is 0 Å². The van der Waals surface area contributed by atoms with Gasteiger partial charge in [-0.2, -0.15) is 0 Å². The van der Waals surface area contributed by atoms with Gasteiger partial charge in [0.25, 0.3) is 10.0 Å². The molecule has 1 atom stereocenters. The lowest BCUT2D eigenvalue weighted by Gasteiger charge is -2.14. The van der Waals surface area contributed by atoms with Crippen LogP contribution < -0.4 is 4.72 Å². The van der Waals surface area contributed by atoms with Gasteiger partial charge in [-0.1, -0.05) is 31.2 Å². The molecule has 114 valence electrons. The van der Waals surface area contributed by atoms with Gasteiger partial charge < -0.3 is 0 Å². The van der Waals surface area contributed by atoms with Crippen molar-refractivity contribution in [3.8, 4) is 0 Å². The van der Waals surface area contributed by atoms with Gasteiger partial charge in [0.2, 0.25) is 0 Å². The summed E-state index contributed by atoms with van der Waals surface area (Å²) in [5, 5.41) is 0. The lowest BCUT2D eigenvalue weighted by atomic mass is 10.1. The van der Waals surface area contributed by atoms with E-state index in [1.54, 1.807) is 6.07 Å². The zero-order valence-electron chi connectivity index (χ0n) is 12.2. The van der Waals surface area contributed by atoms with Gasteiger partial charge in [0.15, 0.2) is 0 Å². The highest BCUT2D eigenvalue weighted by molar-refractivity contribution is 9.11. The number of nitrogens with one attached hydrogen (secondary N) is 1. The zero-order valence-corrected chi connectivity index (χ0v) is 15.4. The van der Waals surface area contributed by atoms with E-state index in [4.69, 9.17) is 0 Å². The second kappa shape index (κ2) is 6.60. The van der Waals surface area contributed by atoms with E-state index < -0.39 is 10.0 Å². The molecule has 1 heterocycles. The Morgan fingerprint density at radius 1 is 1.29 bits per heavy atom. The summed E-state index contributed by atoms with van der Waals surface area (Å²) in [5.41, 5.74) is 3.13. The predicted octanol–water partition coefficient (Wildman–Crippen LogP) is 4.42. The Labute approximate surface area is 138 Å². The van der Waals surface area contributed by atoms with Crippen LogP contribution in [0.1, 0.15) is 36.6 Å². The summed E-state index contributed by atoms with van der Waals surface area (Å²) in [5.74, 6) is 0. The molecule has 0 aliphatic carbocycles. The SMILES string of the molecule is CCc1ccc(C(C)NS(=O)(=O)c2cc(C)c(Br)s2)cc1. The van der Waals surface area contributed by atoms with Gasteiger partial charge in [-0.15, -0.1) is 11.3 Å². The molecular weight excluding hydrogens is 370 g/mol. The first-order valence-corrected chi connectivity index (χ1v) is 9.80. The topological polar surface area (TPSA) is 46.2 Å². The van der Waals surface area contributed by atoms with Crippen molar-refractivity contribution in [2.24, 2.45) is 0 Å². The largest absolute Gasteiger partial charge is 0.250 e. The van der Waals surface area contributed by atoms with Gasteiger partial charge in [0, 0.05) is 6.04 Å². The molecule has 2 aromatic rings. The summed E-state index contributed by atoms with van der Waals surface area (Å²) in [4.78, 5) is 0. The van der Waals surface area contributed by atoms with Gasteiger partial charge in [-0.3, -0.25) is 0 Å².